The molecule has 0 aliphatic heterocycles. The highest BCUT2D eigenvalue weighted by atomic mass is 14.9. The molecule has 2 unspecified atom stereocenters. The van der Waals surface area contributed by atoms with Gasteiger partial charge in [0, 0.05) is 19.1 Å². The molecule has 2 atom stereocenters. The third-order valence-electron chi connectivity index (χ3n) is 3.59. The summed E-state index contributed by atoms with van der Waals surface area (Å²) in [6.07, 6.45) is 7.53. The van der Waals surface area contributed by atoms with Gasteiger partial charge in [0.05, 0.1) is 0 Å². The van der Waals surface area contributed by atoms with Gasteiger partial charge in [-0.15, -0.1) is 0 Å². The minimum absolute atomic E-state index is 0.465. The SMILES string of the molecule is NCCCNCCNCCC1CCCC(N)C1. The van der Waals surface area contributed by atoms with Crippen LogP contribution in [0.4, 0.5) is 0 Å². The first-order valence-electron chi connectivity index (χ1n) is 7.20. The van der Waals surface area contributed by atoms with Gasteiger partial charge in [-0.25, -0.2) is 0 Å². The van der Waals surface area contributed by atoms with E-state index in [-0.39, 0.29) is 0 Å². The standard InChI is InChI=1S/C13H30N4/c14-6-2-7-16-9-10-17-8-5-12-3-1-4-13(15)11-12/h12-13,16-17H,1-11,14-15H2. The molecule has 0 saturated heterocycles. The topological polar surface area (TPSA) is 76.1 Å². The number of nitrogens with one attached hydrogen (secondary N) is 2. The molecule has 1 aliphatic carbocycles. The Labute approximate surface area is 106 Å². The van der Waals surface area contributed by atoms with Crippen LogP contribution >= 0.6 is 0 Å². The van der Waals surface area contributed by atoms with Gasteiger partial charge in [0.15, 0.2) is 0 Å². The van der Waals surface area contributed by atoms with Crippen LogP contribution in [0, 0.1) is 5.92 Å². The smallest absolute Gasteiger partial charge is 0.00767 e. The van der Waals surface area contributed by atoms with Crippen molar-refractivity contribution >= 4 is 0 Å². The fourth-order valence-electron chi connectivity index (χ4n) is 2.55. The second-order valence-corrected chi connectivity index (χ2v) is 5.22. The third-order valence-corrected chi connectivity index (χ3v) is 3.59. The second kappa shape index (κ2) is 9.83. The Bertz CT molecular complexity index is 175. The summed E-state index contributed by atoms with van der Waals surface area (Å²) < 4.78 is 0. The third kappa shape index (κ3) is 7.71. The summed E-state index contributed by atoms with van der Waals surface area (Å²) in [6, 6.07) is 0.465. The maximum atomic E-state index is 5.98. The van der Waals surface area contributed by atoms with Crippen LogP contribution in [0.3, 0.4) is 0 Å². The van der Waals surface area contributed by atoms with Gasteiger partial charge in [-0.1, -0.05) is 12.8 Å². The zero-order chi connectivity index (χ0) is 12.3. The first-order chi connectivity index (χ1) is 8.33. The van der Waals surface area contributed by atoms with Gasteiger partial charge in [-0.2, -0.15) is 0 Å². The summed E-state index contributed by atoms with van der Waals surface area (Å²) in [5, 5.41) is 6.86. The van der Waals surface area contributed by atoms with Gasteiger partial charge in [-0.05, 0) is 51.2 Å². The average molecular weight is 242 g/mol. The van der Waals surface area contributed by atoms with Crippen molar-refractivity contribution in [2.75, 3.05) is 32.7 Å². The molecule has 4 nitrogen and oxygen atoms in total. The summed E-state index contributed by atoms with van der Waals surface area (Å²) in [5.74, 6) is 0.858. The van der Waals surface area contributed by atoms with Crippen molar-refractivity contribution in [3.63, 3.8) is 0 Å². The molecule has 1 aliphatic rings. The molecule has 0 aromatic carbocycles. The van der Waals surface area contributed by atoms with E-state index in [0.717, 1.165) is 45.1 Å². The molecule has 0 heterocycles. The van der Waals surface area contributed by atoms with Crippen LogP contribution in [0.5, 0.6) is 0 Å². The van der Waals surface area contributed by atoms with E-state index in [2.05, 4.69) is 10.6 Å². The van der Waals surface area contributed by atoms with Crippen molar-refractivity contribution < 1.29 is 0 Å². The highest BCUT2D eigenvalue weighted by Crippen LogP contribution is 2.25. The lowest BCUT2D eigenvalue weighted by Crippen LogP contribution is -2.32. The Morgan fingerprint density at radius 2 is 1.76 bits per heavy atom. The first-order valence-corrected chi connectivity index (χ1v) is 7.20. The van der Waals surface area contributed by atoms with E-state index in [4.69, 9.17) is 11.5 Å². The average Bonchev–Trinajstić information content (AvgIpc) is 2.33. The van der Waals surface area contributed by atoms with Gasteiger partial charge in [0.25, 0.3) is 0 Å². The Morgan fingerprint density at radius 3 is 2.47 bits per heavy atom. The highest BCUT2D eigenvalue weighted by molar-refractivity contribution is 4.75. The number of hydrogen-bond donors (Lipinski definition) is 4. The molecule has 4 heteroatoms. The van der Waals surface area contributed by atoms with Gasteiger partial charge >= 0.3 is 0 Å². The zero-order valence-corrected chi connectivity index (χ0v) is 11.1. The Morgan fingerprint density at radius 1 is 1.00 bits per heavy atom. The normalized spacial score (nSPS) is 25.1. The predicted molar refractivity (Wildman–Crippen MR) is 74.0 cm³/mol. The number of nitrogens with two attached hydrogens (primary N) is 2. The largest absolute Gasteiger partial charge is 0.330 e. The maximum absolute atomic E-state index is 5.98. The van der Waals surface area contributed by atoms with E-state index in [1.807, 2.05) is 0 Å². The Kier molecular flexibility index (Phi) is 8.61. The molecule has 102 valence electrons. The first kappa shape index (κ1) is 14.9. The number of hydrogen-bond acceptors (Lipinski definition) is 4. The van der Waals surface area contributed by atoms with E-state index in [1.165, 1.54) is 32.1 Å². The van der Waals surface area contributed by atoms with E-state index >= 15 is 0 Å². The molecule has 1 saturated carbocycles. The summed E-state index contributed by atoms with van der Waals surface area (Å²) >= 11 is 0. The van der Waals surface area contributed by atoms with Gasteiger partial charge in [0.2, 0.25) is 0 Å². The summed E-state index contributed by atoms with van der Waals surface area (Å²) in [6.45, 7) is 5.06. The Balaban J connectivity index is 1.83. The van der Waals surface area contributed by atoms with Crippen LogP contribution in [0.25, 0.3) is 0 Å². The molecule has 1 rings (SSSR count). The molecule has 0 bridgehead atoms. The van der Waals surface area contributed by atoms with Crippen molar-refractivity contribution in [3.05, 3.63) is 0 Å². The molecule has 0 spiro atoms. The van der Waals surface area contributed by atoms with E-state index < -0.39 is 0 Å². The molecule has 0 aromatic heterocycles. The lowest BCUT2D eigenvalue weighted by atomic mass is 9.84. The highest BCUT2D eigenvalue weighted by Gasteiger charge is 2.18. The van der Waals surface area contributed by atoms with Gasteiger partial charge in [-0.3, -0.25) is 0 Å². The molecule has 6 N–H and O–H groups in total. The van der Waals surface area contributed by atoms with E-state index in [0.29, 0.717) is 6.04 Å². The minimum atomic E-state index is 0.465. The van der Waals surface area contributed by atoms with Crippen molar-refractivity contribution in [1.82, 2.24) is 10.6 Å². The fourth-order valence-corrected chi connectivity index (χ4v) is 2.55. The summed E-state index contributed by atoms with van der Waals surface area (Å²) in [7, 11) is 0. The maximum Gasteiger partial charge on any atom is 0.00767 e. The van der Waals surface area contributed by atoms with Crippen LogP contribution < -0.4 is 22.1 Å². The van der Waals surface area contributed by atoms with Crippen LogP contribution in [0.15, 0.2) is 0 Å². The van der Waals surface area contributed by atoms with Crippen LogP contribution in [0.1, 0.15) is 38.5 Å². The van der Waals surface area contributed by atoms with Crippen LogP contribution in [-0.4, -0.2) is 38.8 Å². The summed E-state index contributed by atoms with van der Waals surface area (Å²) in [4.78, 5) is 0. The van der Waals surface area contributed by atoms with Crippen molar-refractivity contribution in [3.8, 4) is 0 Å². The molecule has 0 radical (unpaired) electrons. The lowest BCUT2D eigenvalue weighted by Gasteiger charge is -2.26. The molecule has 0 aromatic rings. The zero-order valence-electron chi connectivity index (χ0n) is 11.1. The molecule has 0 amide bonds. The van der Waals surface area contributed by atoms with Gasteiger partial charge < -0.3 is 22.1 Å². The van der Waals surface area contributed by atoms with Crippen molar-refractivity contribution in [2.45, 2.75) is 44.6 Å². The van der Waals surface area contributed by atoms with Crippen molar-refractivity contribution in [2.24, 2.45) is 17.4 Å². The van der Waals surface area contributed by atoms with Crippen LogP contribution in [-0.2, 0) is 0 Å². The molecule has 17 heavy (non-hydrogen) atoms. The molecular formula is C13H30N4. The minimum Gasteiger partial charge on any atom is -0.330 e. The van der Waals surface area contributed by atoms with E-state index in [1.54, 1.807) is 0 Å². The van der Waals surface area contributed by atoms with E-state index in [9.17, 15) is 0 Å². The summed E-state index contributed by atoms with van der Waals surface area (Å²) in [5.41, 5.74) is 11.4. The number of rotatable bonds is 9. The second-order valence-electron chi connectivity index (χ2n) is 5.22. The molecule has 1 fully saturated rings. The fraction of sp³-hybridized carbons (Fsp3) is 1.00. The van der Waals surface area contributed by atoms with Crippen molar-refractivity contribution in [1.29, 1.82) is 0 Å². The van der Waals surface area contributed by atoms with Crippen LogP contribution in [0.2, 0.25) is 0 Å². The Hall–Kier alpha value is -0.160. The van der Waals surface area contributed by atoms with Gasteiger partial charge in [0.1, 0.15) is 0 Å². The predicted octanol–water partition coefficient (Wildman–Crippen LogP) is 0.422. The quantitative estimate of drug-likeness (QED) is 0.442. The molecular weight excluding hydrogens is 212 g/mol. The monoisotopic (exact) mass is 242 g/mol. The lowest BCUT2D eigenvalue weighted by molar-refractivity contribution is 0.303.